The van der Waals surface area contributed by atoms with Crippen LogP contribution >= 0.6 is 0 Å². The monoisotopic (exact) mass is 178 g/mol. The lowest BCUT2D eigenvalue weighted by atomic mass is 10.0. The van der Waals surface area contributed by atoms with E-state index in [9.17, 15) is 5.11 Å². The summed E-state index contributed by atoms with van der Waals surface area (Å²) in [4.78, 5) is 0. The molecule has 1 aliphatic rings. The molecule has 3 heteroatoms. The first-order chi connectivity index (χ1) is 6.18. The fourth-order valence-electron chi connectivity index (χ4n) is 1.50. The molecule has 1 unspecified atom stereocenters. The van der Waals surface area contributed by atoms with Gasteiger partial charge in [0.1, 0.15) is 5.75 Å². The average Bonchev–Trinajstić information content (AvgIpc) is 2.91. The standard InChI is InChI=1S/C10H14N2O/c11-8-4-3-7(5-9(8)13)10(12)6-1-2-6/h3-6,10,13H,1-2,11-12H2. The molecule has 0 heterocycles. The van der Waals surface area contributed by atoms with Gasteiger partial charge in [0.25, 0.3) is 0 Å². The summed E-state index contributed by atoms with van der Waals surface area (Å²) >= 11 is 0. The van der Waals surface area contributed by atoms with E-state index in [1.807, 2.05) is 6.07 Å². The third kappa shape index (κ3) is 1.60. The number of nitrogen functional groups attached to an aromatic ring is 1. The molecule has 0 saturated heterocycles. The second kappa shape index (κ2) is 2.92. The summed E-state index contributed by atoms with van der Waals surface area (Å²) in [5, 5.41) is 9.37. The minimum atomic E-state index is 0.0616. The van der Waals surface area contributed by atoms with Crippen LogP contribution in [0.2, 0.25) is 0 Å². The topological polar surface area (TPSA) is 72.3 Å². The number of phenols is 1. The van der Waals surface area contributed by atoms with Crippen LogP contribution < -0.4 is 11.5 Å². The Kier molecular flexibility index (Phi) is 1.88. The summed E-state index contributed by atoms with van der Waals surface area (Å²) in [6.45, 7) is 0. The van der Waals surface area contributed by atoms with Gasteiger partial charge in [0.2, 0.25) is 0 Å². The first-order valence-electron chi connectivity index (χ1n) is 4.52. The van der Waals surface area contributed by atoms with Gasteiger partial charge < -0.3 is 16.6 Å². The second-order valence-corrected chi connectivity index (χ2v) is 3.68. The predicted octanol–water partition coefficient (Wildman–Crippen LogP) is 1.38. The minimum Gasteiger partial charge on any atom is -0.506 e. The van der Waals surface area contributed by atoms with Gasteiger partial charge in [0.15, 0.2) is 0 Å². The SMILES string of the molecule is Nc1ccc(C(N)C2CC2)cc1O. The van der Waals surface area contributed by atoms with Crippen molar-refractivity contribution in [3.05, 3.63) is 23.8 Å². The molecular weight excluding hydrogens is 164 g/mol. The molecule has 2 rings (SSSR count). The number of benzene rings is 1. The summed E-state index contributed by atoms with van der Waals surface area (Å²) in [7, 11) is 0. The summed E-state index contributed by atoms with van der Waals surface area (Å²) in [5.41, 5.74) is 12.8. The van der Waals surface area contributed by atoms with Gasteiger partial charge in [-0.2, -0.15) is 0 Å². The molecule has 0 aromatic heterocycles. The number of anilines is 1. The number of aromatic hydroxyl groups is 1. The summed E-state index contributed by atoms with van der Waals surface area (Å²) in [5.74, 6) is 0.733. The van der Waals surface area contributed by atoms with Crippen LogP contribution in [-0.4, -0.2) is 5.11 Å². The molecule has 1 aromatic carbocycles. The molecule has 0 radical (unpaired) electrons. The van der Waals surface area contributed by atoms with Crippen molar-refractivity contribution in [2.24, 2.45) is 11.7 Å². The van der Waals surface area contributed by atoms with Gasteiger partial charge >= 0.3 is 0 Å². The summed E-state index contributed by atoms with van der Waals surface area (Å²) in [6, 6.07) is 5.31. The van der Waals surface area contributed by atoms with Crippen molar-refractivity contribution >= 4 is 5.69 Å². The van der Waals surface area contributed by atoms with Crippen molar-refractivity contribution < 1.29 is 5.11 Å². The van der Waals surface area contributed by atoms with Crippen LogP contribution in [0.4, 0.5) is 5.69 Å². The van der Waals surface area contributed by atoms with Crippen LogP contribution in [0.1, 0.15) is 24.4 Å². The summed E-state index contributed by atoms with van der Waals surface area (Å²) < 4.78 is 0. The largest absolute Gasteiger partial charge is 0.506 e. The van der Waals surface area contributed by atoms with Gasteiger partial charge in [-0.1, -0.05) is 6.07 Å². The molecule has 70 valence electrons. The third-order valence-electron chi connectivity index (χ3n) is 2.57. The van der Waals surface area contributed by atoms with E-state index in [4.69, 9.17) is 11.5 Å². The van der Waals surface area contributed by atoms with Crippen molar-refractivity contribution in [3.8, 4) is 5.75 Å². The maximum atomic E-state index is 9.37. The van der Waals surface area contributed by atoms with Gasteiger partial charge in [-0.15, -0.1) is 0 Å². The van der Waals surface area contributed by atoms with Crippen LogP contribution in [0, 0.1) is 5.92 Å². The highest BCUT2D eigenvalue weighted by Crippen LogP contribution is 2.40. The van der Waals surface area contributed by atoms with Crippen LogP contribution in [0.25, 0.3) is 0 Å². The molecule has 0 aliphatic heterocycles. The minimum absolute atomic E-state index is 0.0616. The van der Waals surface area contributed by atoms with Crippen molar-refractivity contribution in [1.82, 2.24) is 0 Å². The average molecular weight is 178 g/mol. The lowest BCUT2D eigenvalue weighted by Crippen LogP contribution is -2.12. The smallest absolute Gasteiger partial charge is 0.138 e. The Morgan fingerprint density at radius 1 is 1.38 bits per heavy atom. The number of nitrogens with two attached hydrogens (primary N) is 2. The lowest BCUT2D eigenvalue weighted by molar-refractivity contribution is 0.475. The molecule has 1 aliphatic carbocycles. The van der Waals surface area contributed by atoms with E-state index in [2.05, 4.69) is 0 Å². The van der Waals surface area contributed by atoms with E-state index in [0.717, 1.165) is 5.56 Å². The van der Waals surface area contributed by atoms with Crippen LogP contribution in [-0.2, 0) is 0 Å². The first kappa shape index (κ1) is 8.38. The molecule has 1 fully saturated rings. The molecule has 13 heavy (non-hydrogen) atoms. The molecule has 0 spiro atoms. The van der Waals surface area contributed by atoms with Crippen LogP contribution in [0.5, 0.6) is 5.75 Å². The maximum absolute atomic E-state index is 9.37. The Hall–Kier alpha value is -1.22. The molecule has 1 saturated carbocycles. The first-order valence-corrected chi connectivity index (χ1v) is 4.52. The molecule has 1 aromatic rings. The highest BCUT2D eigenvalue weighted by Gasteiger charge is 2.29. The highest BCUT2D eigenvalue weighted by molar-refractivity contribution is 5.53. The van der Waals surface area contributed by atoms with Crippen LogP contribution in [0.15, 0.2) is 18.2 Å². The fraction of sp³-hybridized carbons (Fsp3) is 0.400. The van der Waals surface area contributed by atoms with Gasteiger partial charge in [0.05, 0.1) is 5.69 Å². The zero-order valence-electron chi connectivity index (χ0n) is 7.40. The lowest BCUT2D eigenvalue weighted by Gasteiger charge is -2.11. The van der Waals surface area contributed by atoms with Crippen molar-refractivity contribution in [2.45, 2.75) is 18.9 Å². The van der Waals surface area contributed by atoms with E-state index < -0.39 is 0 Å². The Morgan fingerprint density at radius 3 is 2.62 bits per heavy atom. The van der Waals surface area contributed by atoms with E-state index in [-0.39, 0.29) is 11.8 Å². The fourth-order valence-corrected chi connectivity index (χ4v) is 1.50. The quantitative estimate of drug-likeness (QED) is 0.473. The third-order valence-corrected chi connectivity index (χ3v) is 2.57. The highest BCUT2D eigenvalue weighted by atomic mass is 16.3. The van der Waals surface area contributed by atoms with E-state index in [0.29, 0.717) is 11.6 Å². The number of hydrogen-bond acceptors (Lipinski definition) is 3. The molecule has 3 nitrogen and oxygen atoms in total. The molecular formula is C10H14N2O. The van der Waals surface area contributed by atoms with Gasteiger partial charge in [-0.25, -0.2) is 0 Å². The van der Waals surface area contributed by atoms with Crippen molar-refractivity contribution in [2.75, 3.05) is 5.73 Å². The maximum Gasteiger partial charge on any atom is 0.138 e. The zero-order valence-corrected chi connectivity index (χ0v) is 7.40. The number of hydrogen-bond donors (Lipinski definition) is 3. The van der Waals surface area contributed by atoms with E-state index in [1.165, 1.54) is 12.8 Å². The number of phenolic OH excluding ortho intramolecular Hbond substituents is 1. The Bertz CT molecular complexity index is 321. The molecule has 0 bridgehead atoms. The Morgan fingerprint density at radius 2 is 2.08 bits per heavy atom. The Balaban J connectivity index is 2.24. The zero-order chi connectivity index (χ0) is 9.42. The van der Waals surface area contributed by atoms with Gasteiger partial charge in [0, 0.05) is 6.04 Å². The molecule has 5 N–H and O–H groups in total. The molecule has 1 atom stereocenters. The normalized spacial score (nSPS) is 18.5. The Labute approximate surface area is 77.4 Å². The second-order valence-electron chi connectivity index (χ2n) is 3.68. The molecule has 0 amide bonds. The van der Waals surface area contributed by atoms with Gasteiger partial charge in [-0.05, 0) is 36.5 Å². The number of rotatable bonds is 2. The van der Waals surface area contributed by atoms with Gasteiger partial charge in [-0.3, -0.25) is 0 Å². The van der Waals surface area contributed by atoms with Crippen molar-refractivity contribution in [1.29, 1.82) is 0 Å². The summed E-state index contributed by atoms with van der Waals surface area (Å²) in [6.07, 6.45) is 2.40. The van der Waals surface area contributed by atoms with E-state index >= 15 is 0 Å². The van der Waals surface area contributed by atoms with E-state index in [1.54, 1.807) is 12.1 Å². The van der Waals surface area contributed by atoms with Crippen LogP contribution in [0.3, 0.4) is 0 Å². The van der Waals surface area contributed by atoms with Crippen molar-refractivity contribution in [3.63, 3.8) is 0 Å². The predicted molar refractivity (Wildman–Crippen MR) is 52.2 cm³/mol.